The summed E-state index contributed by atoms with van der Waals surface area (Å²) in [5, 5.41) is 0. The second-order valence-electron chi connectivity index (χ2n) is 1.81. The van der Waals surface area contributed by atoms with Crippen molar-refractivity contribution < 1.29 is 0 Å². The van der Waals surface area contributed by atoms with Gasteiger partial charge >= 0.3 is 8.65 Å². The van der Waals surface area contributed by atoms with Crippen LogP contribution < -0.4 is 0 Å². The van der Waals surface area contributed by atoms with Crippen LogP contribution in [-0.2, 0) is 0 Å². The normalized spacial score (nSPS) is 7.56. The fraction of sp³-hybridized carbons (Fsp3) is 1.00. The molecule has 0 aromatic heterocycles. The summed E-state index contributed by atoms with van der Waals surface area (Å²) >= 11 is 4.83. The highest BCUT2D eigenvalue weighted by Gasteiger charge is 1.75. The molecule has 0 aliphatic heterocycles. The molecule has 0 bridgehead atoms. The van der Waals surface area contributed by atoms with E-state index in [1.807, 2.05) is 0 Å². The van der Waals surface area contributed by atoms with E-state index in [0.717, 1.165) is 0 Å². The standard InChI is InChI=1S/C6H14.Al.2HI.H/c1-3-5-6-4-2;;;;/h3-6H2,1-2H3;;2*1H;/q;+2;;;/p-2. The molecular formula is C6H15AlI2. The van der Waals surface area contributed by atoms with Crippen molar-refractivity contribution in [1.29, 1.82) is 0 Å². The first kappa shape index (κ1) is 13.6. The maximum absolute atomic E-state index is 2.41. The summed E-state index contributed by atoms with van der Waals surface area (Å²) in [6.45, 7) is 4.46. The topological polar surface area (TPSA) is 0 Å². The Labute approximate surface area is 87.6 Å². The molecule has 0 aliphatic rings. The van der Waals surface area contributed by atoms with Crippen LogP contribution in [0.1, 0.15) is 39.5 Å². The molecule has 0 aromatic rings. The molecule has 0 heterocycles. The smallest absolute Gasteiger partial charge is 0.197 e. The minimum absolute atomic E-state index is 0.357. The van der Waals surface area contributed by atoms with Gasteiger partial charge in [-0.25, -0.2) is 0 Å². The monoisotopic (exact) mass is 368 g/mol. The summed E-state index contributed by atoms with van der Waals surface area (Å²) in [4.78, 5) is 0. The molecule has 0 rings (SSSR count). The summed E-state index contributed by atoms with van der Waals surface area (Å²) < 4.78 is 0. The lowest BCUT2D eigenvalue weighted by atomic mass is 10.2. The van der Waals surface area contributed by atoms with Gasteiger partial charge in [-0.1, -0.05) is 39.5 Å². The molecule has 0 unspecified atom stereocenters. The molecule has 3 heteroatoms. The highest BCUT2D eigenvalue weighted by atomic mass is 127. The van der Waals surface area contributed by atoms with Crippen LogP contribution in [0.15, 0.2) is 0 Å². The van der Waals surface area contributed by atoms with Gasteiger partial charge in [0.25, 0.3) is 0 Å². The van der Waals surface area contributed by atoms with E-state index in [2.05, 4.69) is 54.4 Å². The average molecular weight is 368 g/mol. The van der Waals surface area contributed by atoms with Crippen molar-refractivity contribution in [2.45, 2.75) is 39.5 Å². The Morgan fingerprint density at radius 2 is 1.22 bits per heavy atom. The van der Waals surface area contributed by atoms with Crippen molar-refractivity contribution in [2.24, 2.45) is 0 Å². The molecule has 0 saturated heterocycles. The molecule has 0 N–H and O–H groups in total. The van der Waals surface area contributed by atoms with Crippen LogP contribution >= 0.6 is 40.5 Å². The summed E-state index contributed by atoms with van der Waals surface area (Å²) in [5.41, 5.74) is 0. The molecule has 0 aliphatic carbocycles. The zero-order valence-corrected chi connectivity index (χ0v) is 12.0. The fourth-order valence-corrected chi connectivity index (χ4v) is 0.500. The first-order chi connectivity index (χ1) is 4.33. The van der Waals surface area contributed by atoms with Gasteiger partial charge in [0.1, 0.15) is 0 Å². The van der Waals surface area contributed by atoms with Crippen LogP contribution in [-0.4, -0.2) is 8.65 Å². The highest BCUT2D eigenvalue weighted by Crippen LogP contribution is 1.95. The number of rotatable bonds is 3. The minimum atomic E-state index is 0.357. The van der Waals surface area contributed by atoms with Gasteiger partial charge in [-0.2, -0.15) is 40.5 Å². The summed E-state index contributed by atoms with van der Waals surface area (Å²) in [5.74, 6) is 0. The Morgan fingerprint density at radius 1 is 1.00 bits per heavy atom. The van der Waals surface area contributed by atoms with Gasteiger partial charge in [0.15, 0.2) is 0 Å². The second kappa shape index (κ2) is 16.5. The van der Waals surface area contributed by atoms with E-state index in [-0.39, 0.29) is 0 Å². The van der Waals surface area contributed by atoms with Crippen molar-refractivity contribution in [3.63, 3.8) is 0 Å². The van der Waals surface area contributed by atoms with Crippen LogP contribution in [0.4, 0.5) is 0 Å². The molecule has 0 saturated carbocycles. The molecular weight excluding hydrogens is 353 g/mol. The van der Waals surface area contributed by atoms with Crippen LogP contribution in [0.25, 0.3) is 0 Å². The van der Waals surface area contributed by atoms with Gasteiger partial charge in [0.2, 0.25) is 0 Å². The summed E-state index contributed by atoms with van der Waals surface area (Å²) in [6.07, 6.45) is 5.54. The first-order valence-corrected chi connectivity index (χ1v) is 13.7. The van der Waals surface area contributed by atoms with Crippen molar-refractivity contribution in [3.8, 4) is 0 Å². The van der Waals surface area contributed by atoms with Crippen molar-refractivity contribution in [2.75, 3.05) is 0 Å². The highest BCUT2D eigenvalue weighted by molar-refractivity contribution is 14.3. The zero-order chi connectivity index (χ0) is 7.54. The lowest BCUT2D eigenvalue weighted by Crippen LogP contribution is -1.66. The molecule has 0 amide bonds. The fourth-order valence-electron chi connectivity index (χ4n) is 0.500. The van der Waals surface area contributed by atoms with E-state index < -0.39 is 0 Å². The average Bonchev–Trinajstić information content (AvgIpc) is 1.86. The number of hydrogen-bond donors (Lipinski definition) is 0. The maximum atomic E-state index is 2.41. The summed E-state index contributed by atoms with van der Waals surface area (Å²) in [6, 6.07) is 0. The van der Waals surface area contributed by atoms with E-state index >= 15 is 0 Å². The van der Waals surface area contributed by atoms with E-state index in [0.29, 0.717) is 8.65 Å². The molecule has 0 nitrogen and oxygen atoms in total. The van der Waals surface area contributed by atoms with E-state index in [1.165, 1.54) is 25.7 Å². The second-order valence-corrected chi connectivity index (χ2v) is 15.3. The third-order valence-electron chi connectivity index (χ3n) is 0.957. The molecule has 9 heavy (non-hydrogen) atoms. The van der Waals surface area contributed by atoms with Crippen molar-refractivity contribution in [1.82, 2.24) is 0 Å². The lowest BCUT2D eigenvalue weighted by molar-refractivity contribution is 0.702. The quantitative estimate of drug-likeness (QED) is 0.405. The summed E-state index contributed by atoms with van der Waals surface area (Å²) in [7, 11) is 0.357. The molecule has 56 valence electrons. The third-order valence-corrected chi connectivity index (χ3v) is 0.957. The lowest BCUT2D eigenvalue weighted by Gasteiger charge is -1.86. The van der Waals surface area contributed by atoms with Crippen LogP contribution in [0.5, 0.6) is 0 Å². The zero-order valence-electron chi connectivity index (χ0n) is 6.29. The Balaban J connectivity index is 0. The predicted octanol–water partition coefficient (Wildman–Crippen LogP) is 3.71. The maximum Gasteiger partial charge on any atom is 0.425 e. The number of unbranched alkanes of at least 4 members (excludes halogenated alkanes) is 3. The van der Waals surface area contributed by atoms with Gasteiger partial charge in [-0.05, 0) is 0 Å². The Hall–Kier alpha value is 1.99. The van der Waals surface area contributed by atoms with E-state index in [9.17, 15) is 0 Å². The van der Waals surface area contributed by atoms with Crippen molar-refractivity contribution >= 4 is 49.2 Å². The van der Waals surface area contributed by atoms with E-state index in [1.54, 1.807) is 0 Å². The van der Waals surface area contributed by atoms with Gasteiger partial charge in [0, 0.05) is 0 Å². The minimum Gasteiger partial charge on any atom is -0.197 e. The molecule has 0 fully saturated rings. The molecule has 0 atom stereocenters. The number of hydrogen-bond acceptors (Lipinski definition) is 0. The van der Waals surface area contributed by atoms with Crippen LogP contribution in [0, 0.1) is 0 Å². The van der Waals surface area contributed by atoms with E-state index in [4.69, 9.17) is 0 Å². The Bertz CT molecular complexity index is 30.2. The predicted molar refractivity (Wildman–Crippen MR) is 65.0 cm³/mol. The third kappa shape index (κ3) is 25.6. The first-order valence-electron chi connectivity index (χ1n) is 3.45. The Kier molecular flexibility index (Phi) is 24.9. The van der Waals surface area contributed by atoms with Crippen LogP contribution in [0.2, 0.25) is 0 Å². The van der Waals surface area contributed by atoms with Crippen LogP contribution in [0.3, 0.4) is 0 Å². The molecule has 0 aromatic carbocycles. The van der Waals surface area contributed by atoms with Gasteiger partial charge in [-0.15, -0.1) is 0 Å². The number of halogens is 2. The molecule has 0 spiro atoms. The Morgan fingerprint density at radius 3 is 1.33 bits per heavy atom. The molecule has 0 radical (unpaired) electrons. The van der Waals surface area contributed by atoms with Crippen molar-refractivity contribution in [3.05, 3.63) is 0 Å². The SMILES string of the molecule is CCCCCC.[I][AlH][I]. The van der Waals surface area contributed by atoms with Gasteiger partial charge in [-0.3, -0.25) is 0 Å². The van der Waals surface area contributed by atoms with Gasteiger partial charge in [0.05, 0.1) is 0 Å². The largest absolute Gasteiger partial charge is 0.425 e. The van der Waals surface area contributed by atoms with Gasteiger partial charge < -0.3 is 0 Å².